The summed E-state index contributed by atoms with van der Waals surface area (Å²) in [5, 5.41) is 9.21. The van der Waals surface area contributed by atoms with Crippen LogP contribution in [0.3, 0.4) is 0 Å². The highest BCUT2D eigenvalue weighted by Gasteiger charge is 2.29. The van der Waals surface area contributed by atoms with Crippen LogP contribution in [0.5, 0.6) is 11.5 Å². The topological polar surface area (TPSA) is 55.8 Å². The van der Waals surface area contributed by atoms with Gasteiger partial charge in [0, 0.05) is 0 Å². The molecule has 5 heteroatoms. The van der Waals surface area contributed by atoms with Crippen LogP contribution in [-0.4, -0.2) is 24.3 Å². The smallest absolute Gasteiger partial charge is 0.309 e. The van der Waals surface area contributed by atoms with Crippen LogP contribution in [0.25, 0.3) is 0 Å². The SMILES string of the molecule is COc1cc(CC(C)(C)C(=O)O)cc(Br)c1OC1CC1. The first-order chi connectivity index (χ1) is 9.33. The Labute approximate surface area is 127 Å². The van der Waals surface area contributed by atoms with E-state index in [0.717, 1.165) is 22.9 Å². The Bertz CT molecular complexity index is 521. The first-order valence-electron chi connectivity index (χ1n) is 6.60. The number of halogens is 1. The molecule has 0 radical (unpaired) electrons. The number of carboxylic acids is 1. The molecule has 0 heterocycles. The summed E-state index contributed by atoms with van der Waals surface area (Å²) in [5.41, 5.74) is 0.0906. The van der Waals surface area contributed by atoms with Gasteiger partial charge in [0.25, 0.3) is 0 Å². The lowest BCUT2D eigenvalue weighted by Gasteiger charge is -2.20. The first-order valence-corrected chi connectivity index (χ1v) is 7.39. The quantitative estimate of drug-likeness (QED) is 0.857. The molecule has 20 heavy (non-hydrogen) atoms. The molecule has 1 aromatic carbocycles. The van der Waals surface area contributed by atoms with E-state index in [2.05, 4.69) is 15.9 Å². The molecule has 0 aromatic heterocycles. The largest absolute Gasteiger partial charge is 0.493 e. The molecule has 1 saturated carbocycles. The molecule has 1 fully saturated rings. The van der Waals surface area contributed by atoms with Crippen molar-refractivity contribution in [1.82, 2.24) is 0 Å². The molecule has 1 N–H and O–H groups in total. The van der Waals surface area contributed by atoms with Crippen molar-refractivity contribution in [2.24, 2.45) is 5.41 Å². The van der Waals surface area contributed by atoms with Gasteiger partial charge in [-0.15, -0.1) is 0 Å². The fourth-order valence-corrected chi connectivity index (χ4v) is 2.51. The van der Waals surface area contributed by atoms with Gasteiger partial charge in [0.05, 0.1) is 23.1 Å². The molecular weight excluding hydrogens is 324 g/mol. The van der Waals surface area contributed by atoms with E-state index in [1.165, 1.54) is 0 Å². The summed E-state index contributed by atoms with van der Waals surface area (Å²) >= 11 is 3.49. The third-order valence-electron chi connectivity index (χ3n) is 3.32. The average Bonchev–Trinajstić information content (AvgIpc) is 3.15. The molecule has 2 rings (SSSR count). The van der Waals surface area contributed by atoms with E-state index < -0.39 is 11.4 Å². The molecule has 0 spiro atoms. The van der Waals surface area contributed by atoms with Crippen molar-refractivity contribution < 1.29 is 19.4 Å². The predicted octanol–water partition coefficient (Wildman–Crippen LogP) is 3.65. The van der Waals surface area contributed by atoms with Gasteiger partial charge in [-0.05, 0) is 66.7 Å². The molecule has 0 saturated heterocycles. The van der Waals surface area contributed by atoms with Gasteiger partial charge < -0.3 is 14.6 Å². The molecule has 1 aliphatic rings. The van der Waals surface area contributed by atoms with Crippen molar-refractivity contribution >= 4 is 21.9 Å². The van der Waals surface area contributed by atoms with Crippen LogP contribution >= 0.6 is 15.9 Å². The Kier molecular flexibility index (Phi) is 4.28. The minimum atomic E-state index is -0.816. The van der Waals surface area contributed by atoms with Crippen molar-refractivity contribution in [3.05, 3.63) is 22.2 Å². The van der Waals surface area contributed by atoms with Gasteiger partial charge in [-0.1, -0.05) is 0 Å². The Morgan fingerprint density at radius 2 is 2.10 bits per heavy atom. The van der Waals surface area contributed by atoms with Gasteiger partial charge in [-0.3, -0.25) is 4.79 Å². The summed E-state index contributed by atoms with van der Waals surface area (Å²) < 4.78 is 12.0. The fraction of sp³-hybridized carbons (Fsp3) is 0.533. The predicted molar refractivity (Wildman–Crippen MR) is 79.5 cm³/mol. The summed E-state index contributed by atoms with van der Waals surface area (Å²) in [4.78, 5) is 11.2. The highest BCUT2D eigenvalue weighted by atomic mass is 79.9. The van der Waals surface area contributed by atoms with E-state index in [1.54, 1.807) is 21.0 Å². The summed E-state index contributed by atoms with van der Waals surface area (Å²) in [6, 6.07) is 3.76. The van der Waals surface area contributed by atoms with Crippen LogP contribution in [-0.2, 0) is 11.2 Å². The van der Waals surface area contributed by atoms with Crippen LogP contribution < -0.4 is 9.47 Å². The second-order valence-corrected chi connectivity index (χ2v) is 6.65. The number of hydrogen-bond acceptors (Lipinski definition) is 3. The molecule has 0 amide bonds. The van der Waals surface area contributed by atoms with Crippen molar-refractivity contribution in [3.8, 4) is 11.5 Å². The van der Waals surface area contributed by atoms with E-state index in [9.17, 15) is 9.90 Å². The number of carboxylic acid groups (broad SMARTS) is 1. The molecular formula is C15H19BrO4. The van der Waals surface area contributed by atoms with Crippen molar-refractivity contribution in [3.63, 3.8) is 0 Å². The summed E-state index contributed by atoms with van der Waals surface area (Å²) in [6.07, 6.45) is 2.86. The molecule has 0 bridgehead atoms. The van der Waals surface area contributed by atoms with Gasteiger partial charge in [0.2, 0.25) is 0 Å². The molecule has 0 unspecified atom stereocenters. The third kappa shape index (κ3) is 3.45. The molecule has 4 nitrogen and oxygen atoms in total. The zero-order chi connectivity index (χ0) is 14.9. The lowest BCUT2D eigenvalue weighted by atomic mass is 9.86. The second kappa shape index (κ2) is 5.64. The maximum atomic E-state index is 11.2. The van der Waals surface area contributed by atoms with E-state index >= 15 is 0 Å². The number of ether oxygens (including phenoxy) is 2. The minimum absolute atomic E-state index is 0.279. The van der Waals surface area contributed by atoms with Crippen molar-refractivity contribution in [2.45, 2.75) is 39.2 Å². The lowest BCUT2D eigenvalue weighted by molar-refractivity contribution is -0.146. The fourth-order valence-electron chi connectivity index (χ4n) is 1.93. The normalized spacial score (nSPS) is 15.0. The summed E-state index contributed by atoms with van der Waals surface area (Å²) in [5.74, 6) is 0.528. The number of rotatable bonds is 6. The Balaban J connectivity index is 2.27. The standard InChI is InChI=1S/C15H19BrO4/c1-15(2,14(17)18)8-9-6-11(16)13(12(7-9)19-3)20-10-4-5-10/h6-7,10H,4-5,8H2,1-3H3,(H,17,18). The van der Waals surface area contributed by atoms with E-state index in [-0.39, 0.29) is 6.10 Å². The van der Waals surface area contributed by atoms with Gasteiger partial charge in [-0.2, -0.15) is 0 Å². The molecule has 1 aliphatic carbocycles. The summed E-state index contributed by atoms with van der Waals surface area (Å²) in [6.45, 7) is 3.43. The number of hydrogen-bond donors (Lipinski definition) is 1. The zero-order valence-corrected chi connectivity index (χ0v) is 13.5. The Morgan fingerprint density at radius 1 is 1.45 bits per heavy atom. The van der Waals surface area contributed by atoms with Gasteiger partial charge in [-0.25, -0.2) is 0 Å². The van der Waals surface area contributed by atoms with Crippen LogP contribution in [0.1, 0.15) is 32.3 Å². The van der Waals surface area contributed by atoms with Crippen LogP contribution in [0, 0.1) is 5.41 Å². The molecule has 0 atom stereocenters. The van der Waals surface area contributed by atoms with Crippen molar-refractivity contribution in [1.29, 1.82) is 0 Å². The molecule has 110 valence electrons. The van der Waals surface area contributed by atoms with Crippen LogP contribution in [0.2, 0.25) is 0 Å². The van der Waals surface area contributed by atoms with Crippen molar-refractivity contribution in [2.75, 3.05) is 7.11 Å². The zero-order valence-electron chi connectivity index (χ0n) is 11.9. The highest BCUT2D eigenvalue weighted by Crippen LogP contribution is 2.41. The second-order valence-electron chi connectivity index (χ2n) is 5.79. The molecule has 0 aliphatic heterocycles. The highest BCUT2D eigenvalue weighted by molar-refractivity contribution is 9.10. The maximum Gasteiger partial charge on any atom is 0.309 e. The Hall–Kier alpha value is -1.23. The monoisotopic (exact) mass is 342 g/mol. The average molecular weight is 343 g/mol. The number of aliphatic carboxylic acids is 1. The van der Waals surface area contributed by atoms with E-state index in [4.69, 9.17) is 9.47 Å². The van der Waals surface area contributed by atoms with Crippen LogP contribution in [0.4, 0.5) is 0 Å². The van der Waals surface area contributed by atoms with Gasteiger partial charge in [0.15, 0.2) is 11.5 Å². The minimum Gasteiger partial charge on any atom is -0.493 e. The first kappa shape index (κ1) is 15.2. The van der Waals surface area contributed by atoms with Crippen LogP contribution in [0.15, 0.2) is 16.6 Å². The number of methoxy groups -OCH3 is 1. The summed E-state index contributed by atoms with van der Waals surface area (Å²) in [7, 11) is 1.59. The maximum absolute atomic E-state index is 11.2. The number of carbonyl (C=O) groups is 1. The van der Waals surface area contributed by atoms with E-state index in [1.807, 2.05) is 12.1 Å². The number of benzene rings is 1. The third-order valence-corrected chi connectivity index (χ3v) is 3.91. The van der Waals surface area contributed by atoms with E-state index in [0.29, 0.717) is 17.9 Å². The van der Waals surface area contributed by atoms with Gasteiger partial charge in [0.1, 0.15) is 0 Å². The Morgan fingerprint density at radius 3 is 2.60 bits per heavy atom. The lowest BCUT2D eigenvalue weighted by Crippen LogP contribution is -2.26. The molecule has 1 aromatic rings. The van der Waals surface area contributed by atoms with Gasteiger partial charge >= 0.3 is 5.97 Å².